The molecule has 4 aromatic rings. The number of rotatable bonds is 9. The fourth-order valence-electron chi connectivity index (χ4n) is 5.48. The summed E-state index contributed by atoms with van der Waals surface area (Å²) in [5.74, 6) is 0.451. The Hall–Kier alpha value is -3.67. The van der Waals surface area contributed by atoms with Gasteiger partial charge in [-0.1, -0.05) is 6.07 Å². The minimum atomic E-state index is -1.35. The second kappa shape index (κ2) is 10.1. The monoisotopic (exact) mass is 533 g/mol. The van der Waals surface area contributed by atoms with Gasteiger partial charge in [-0.25, -0.2) is 19.0 Å². The number of nitrogens with zero attached hydrogens (tertiary/aromatic N) is 7. The number of aromatic nitrogens is 5. The second-order valence-electron chi connectivity index (χ2n) is 10.8. The van der Waals surface area contributed by atoms with Crippen molar-refractivity contribution in [2.24, 2.45) is 0 Å². The number of β-amino-alcohol motifs (C(OH)–C–C–N with tert-alkyl or cyclic N) is 1. The molecule has 6 rings (SSSR count). The molecule has 4 heterocycles. The van der Waals surface area contributed by atoms with Crippen molar-refractivity contribution in [3.63, 3.8) is 0 Å². The third kappa shape index (κ3) is 5.17. The zero-order chi connectivity index (χ0) is 27.1. The van der Waals surface area contributed by atoms with Crippen molar-refractivity contribution in [3.8, 4) is 5.69 Å². The molecule has 11 heteroatoms. The highest BCUT2D eigenvalue weighted by atomic mass is 19.1. The van der Waals surface area contributed by atoms with Crippen molar-refractivity contribution < 1.29 is 19.4 Å². The quantitative estimate of drug-likeness (QED) is 0.337. The molecule has 3 aromatic heterocycles. The van der Waals surface area contributed by atoms with Gasteiger partial charge in [0.25, 0.3) is 0 Å². The molecular formula is C28H32FN7O3. The lowest BCUT2D eigenvalue weighted by Gasteiger charge is -2.42. The molecular weight excluding hydrogens is 501 g/mol. The van der Waals surface area contributed by atoms with E-state index in [4.69, 9.17) is 0 Å². The van der Waals surface area contributed by atoms with Crippen molar-refractivity contribution in [1.82, 2.24) is 29.2 Å². The van der Waals surface area contributed by atoms with Gasteiger partial charge in [0.2, 0.25) is 0 Å². The molecule has 1 aromatic carbocycles. The van der Waals surface area contributed by atoms with Gasteiger partial charge in [0, 0.05) is 49.8 Å². The fourth-order valence-corrected chi connectivity index (χ4v) is 5.48. The van der Waals surface area contributed by atoms with E-state index in [1.54, 1.807) is 29.2 Å². The molecule has 2 fully saturated rings. The number of halogens is 1. The average Bonchev–Trinajstić information content (AvgIpc) is 3.43. The summed E-state index contributed by atoms with van der Waals surface area (Å²) in [7, 11) is 0. The molecule has 204 valence electrons. The van der Waals surface area contributed by atoms with Crippen molar-refractivity contribution in [2.75, 3.05) is 24.5 Å². The van der Waals surface area contributed by atoms with Crippen molar-refractivity contribution in [2.45, 2.75) is 57.0 Å². The maximum Gasteiger partial charge on any atom is 0.145 e. The van der Waals surface area contributed by atoms with E-state index in [-0.39, 0.29) is 37.3 Å². The van der Waals surface area contributed by atoms with Gasteiger partial charge in [0.05, 0.1) is 30.3 Å². The minimum Gasteiger partial charge on any atom is -0.389 e. The van der Waals surface area contributed by atoms with Gasteiger partial charge in [0.1, 0.15) is 35.0 Å². The Morgan fingerprint density at radius 2 is 2.08 bits per heavy atom. The first-order valence-electron chi connectivity index (χ1n) is 13.3. The van der Waals surface area contributed by atoms with Crippen LogP contribution in [0.1, 0.15) is 31.7 Å². The molecule has 10 nitrogen and oxygen atoms in total. The third-order valence-electron chi connectivity index (χ3n) is 7.74. The topological polar surface area (TPSA) is 113 Å². The number of Topliss-reactive ketones (excluding diaryl/α,β-unsaturated/α-hetero) is 1. The molecule has 1 aliphatic carbocycles. The Labute approximate surface area is 225 Å². The summed E-state index contributed by atoms with van der Waals surface area (Å²) in [6.45, 7) is 3.06. The zero-order valence-electron chi connectivity index (χ0n) is 21.8. The van der Waals surface area contributed by atoms with Crippen LogP contribution >= 0.6 is 0 Å². The molecule has 1 saturated heterocycles. The highest BCUT2D eigenvalue weighted by Gasteiger charge is 2.41. The number of ketones is 1. The Kier molecular flexibility index (Phi) is 6.66. The van der Waals surface area contributed by atoms with Gasteiger partial charge >= 0.3 is 0 Å². The van der Waals surface area contributed by atoms with Crippen LogP contribution in [0.4, 0.5) is 10.2 Å². The van der Waals surface area contributed by atoms with Gasteiger partial charge in [0.15, 0.2) is 0 Å². The number of carbonyl (C=O) groups excluding carboxylic acids is 1. The molecule has 1 saturated carbocycles. The van der Waals surface area contributed by atoms with Gasteiger partial charge in [-0.3, -0.25) is 9.69 Å². The standard InChI is InChI=1S/C28H32FN7O3/c1-19(37)14-33-12-8-28(39,25(38)16-33)17-34-11-7-23-26(34)30-18-31-27(23)35(21-5-6-21)15-20-3-4-22(13-24(20)29)36-10-2-9-32-36/h2-4,7,9-11,13,18,21,25,38-39H,5-6,8,12,14-17H2,1H3/t25-,28-/m1/s1. The number of benzene rings is 1. The van der Waals surface area contributed by atoms with Gasteiger partial charge < -0.3 is 19.7 Å². The summed E-state index contributed by atoms with van der Waals surface area (Å²) < 4.78 is 18.6. The van der Waals surface area contributed by atoms with Crippen molar-refractivity contribution in [1.29, 1.82) is 0 Å². The maximum absolute atomic E-state index is 15.2. The normalized spacial score (nSPS) is 21.9. The Bertz CT molecular complexity index is 1490. The fraction of sp³-hybridized carbons (Fsp3) is 0.429. The molecule has 2 aliphatic rings. The van der Waals surface area contributed by atoms with Crippen LogP contribution in [0.2, 0.25) is 0 Å². The highest BCUT2D eigenvalue weighted by molar-refractivity contribution is 5.88. The van der Waals surface area contributed by atoms with E-state index < -0.39 is 11.7 Å². The summed E-state index contributed by atoms with van der Waals surface area (Å²) in [4.78, 5) is 24.6. The van der Waals surface area contributed by atoms with E-state index >= 15 is 4.39 Å². The first-order valence-corrected chi connectivity index (χ1v) is 13.3. The molecule has 0 amide bonds. The van der Waals surface area contributed by atoms with Gasteiger partial charge in [-0.15, -0.1) is 0 Å². The summed E-state index contributed by atoms with van der Waals surface area (Å²) in [5.41, 5.74) is 0.527. The largest absolute Gasteiger partial charge is 0.389 e. The van der Waals surface area contributed by atoms with E-state index in [0.717, 1.165) is 24.0 Å². The lowest BCUT2D eigenvalue weighted by molar-refractivity contribution is -0.134. The molecule has 0 unspecified atom stereocenters. The summed E-state index contributed by atoms with van der Waals surface area (Å²) in [6, 6.07) is 9.11. The number of carbonyl (C=O) groups is 1. The van der Waals surface area contributed by atoms with Gasteiger partial charge in [-0.2, -0.15) is 5.10 Å². The number of hydrogen-bond acceptors (Lipinski definition) is 8. The van der Waals surface area contributed by atoms with E-state index in [1.807, 2.05) is 27.8 Å². The van der Waals surface area contributed by atoms with Crippen LogP contribution in [0.3, 0.4) is 0 Å². The average molecular weight is 534 g/mol. The highest BCUT2D eigenvalue weighted by Crippen LogP contribution is 2.36. The van der Waals surface area contributed by atoms with E-state index in [1.165, 1.54) is 19.3 Å². The lowest BCUT2D eigenvalue weighted by Crippen LogP contribution is -2.58. The first kappa shape index (κ1) is 25.6. The Morgan fingerprint density at radius 1 is 1.23 bits per heavy atom. The van der Waals surface area contributed by atoms with E-state index in [0.29, 0.717) is 36.4 Å². The summed E-state index contributed by atoms with van der Waals surface area (Å²) in [6.07, 6.45) is 8.11. The zero-order valence-corrected chi connectivity index (χ0v) is 21.8. The predicted molar refractivity (Wildman–Crippen MR) is 143 cm³/mol. The van der Waals surface area contributed by atoms with Crippen molar-refractivity contribution in [3.05, 3.63) is 66.6 Å². The lowest BCUT2D eigenvalue weighted by atomic mass is 9.88. The number of fused-ring (bicyclic) bond motifs is 1. The Balaban J connectivity index is 1.25. The predicted octanol–water partition coefficient (Wildman–Crippen LogP) is 2.31. The van der Waals surface area contributed by atoms with Crippen LogP contribution < -0.4 is 4.90 Å². The number of piperidine rings is 1. The number of hydrogen-bond donors (Lipinski definition) is 2. The molecule has 39 heavy (non-hydrogen) atoms. The molecule has 1 aliphatic heterocycles. The first-order chi connectivity index (χ1) is 18.8. The molecule has 0 spiro atoms. The molecule has 0 radical (unpaired) electrons. The number of aliphatic hydroxyl groups excluding tert-OH is 1. The number of anilines is 1. The van der Waals surface area contributed by atoms with E-state index in [2.05, 4.69) is 20.0 Å². The molecule has 2 N–H and O–H groups in total. The van der Waals surface area contributed by atoms with E-state index in [9.17, 15) is 15.0 Å². The summed E-state index contributed by atoms with van der Waals surface area (Å²) in [5, 5.41) is 27.1. The van der Waals surface area contributed by atoms with Crippen LogP contribution in [0, 0.1) is 5.82 Å². The van der Waals surface area contributed by atoms with Crippen LogP contribution in [0.25, 0.3) is 16.7 Å². The van der Waals surface area contributed by atoms with Gasteiger partial charge in [-0.05, 0) is 50.5 Å². The van der Waals surface area contributed by atoms with Crippen molar-refractivity contribution >= 4 is 22.6 Å². The SMILES string of the molecule is CC(=O)CN1CC[C@@](O)(Cn2ccc3c(N(Cc4ccc(-n5cccn5)cc4F)C4CC4)ncnc32)[C@H](O)C1. The Morgan fingerprint density at radius 3 is 2.77 bits per heavy atom. The van der Waals surface area contributed by atoms with Crippen LogP contribution in [0.5, 0.6) is 0 Å². The smallest absolute Gasteiger partial charge is 0.145 e. The number of likely N-dealkylation sites (tertiary alicyclic amines) is 1. The second-order valence-corrected chi connectivity index (χ2v) is 10.8. The minimum absolute atomic E-state index is 0.0298. The van der Waals surface area contributed by atoms with Crippen LogP contribution in [-0.4, -0.2) is 82.6 Å². The van der Waals surface area contributed by atoms with Crippen LogP contribution in [0.15, 0.2) is 55.2 Å². The third-order valence-corrected chi connectivity index (χ3v) is 7.74. The maximum atomic E-state index is 15.2. The molecule has 0 bridgehead atoms. The van der Waals surface area contributed by atoms with Crippen LogP contribution in [-0.2, 0) is 17.9 Å². The summed E-state index contributed by atoms with van der Waals surface area (Å²) >= 11 is 0. The number of aliphatic hydroxyl groups is 2. The molecule has 2 atom stereocenters.